The van der Waals surface area contributed by atoms with Crippen molar-refractivity contribution in [2.75, 3.05) is 0 Å². The van der Waals surface area contributed by atoms with Gasteiger partial charge >= 0.3 is 0 Å². The molecule has 0 heterocycles. The van der Waals surface area contributed by atoms with E-state index in [2.05, 4.69) is 41.1 Å². The van der Waals surface area contributed by atoms with Gasteiger partial charge in [0.2, 0.25) is 0 Å². The fourth-order valence-corrected chi connectivity index (χ4v) is 2.97. The smallest absolute Gasteiger partial charge is 0.0495 e. The molecule has 0 unspecified atom stereocenters. The van der Waals surface area contributed by atoms with Crippen LogP contribution in [-0.2, 0) is 6.42 Å². The van der Waals surface area contributed by atoms with E-state index in [1.165, 1.54) is 5.56 Å². The van der Waals surface area contributed by atoms with Gasteiger partial charge in [-0.1, -0.05) is 54.9 Å². The Kier molecular flexibility index (Phi) is 3.67. The number of rotatable bonds is 2. The zero-order valence-corrected chi connectivity index (χ0v) is 11.3. The van der Waals surface area contributed by atoms with Crippen LogP contribution in [0.1, 0.15) is 12.5 Å². The molecule has 0 aromatic heterocycles. The van der Waals surface area contributed by atoms with E-state index in [0.29, 0.717) is 0 Å². The highest BCUT2D eigenvalue weighted by Crippen LogP contribution is 2.37. The summed E-state index contributed by atoms with van der Waals surface area (Å²) in [6.45, 7) is 2.14. The molecule has 16 heavy (non-hydrogen) atoms. The third-order valence-electron chi connectivity index (χ3n) is 2.61. The third-order valence-corrected chi connectivity index (χ3v) is 3.84. The highest BCUT2D eigenvalue weighted by atomic mass is 79.9. The largest absolute Gasteiger partial charge is 0.0836 e. The van der Waals surface area contributed by atoms with Crippen molar-refractivity contribution in [3.8, 4) is 11.1 Å². The summed E-state index contributed by atoms with van der Waals surface area (Å²) in [5.41, 5.74) is 3.51. The second-order valence-corrected chi connectivity index (χ2v) is 4.82. The van der Waals surface area contributed by atoms with Gasteiger partial charge in [-0.2, -0.15) is 0 Å². The summed E-state index contributed by atoms with van der Waals surface area (Å²) < 4.78 is 1.11. The number of benzene rings is 2. The minimum Gasteiger partial charge on any atom is -0.0836 e. The Hall–Kier alpha value is -0.790. The quantitative estimate of drug-likeness (QED) is 0.702. The highest BCUT2D eigenvalue weighted by Gasteiger charge is 2.10. The molecule has 0 radical (unpaired) electrons. The minimum atomic E-state index is 0.787. The Morgan fingerprint density at radius 2 is 1.75 bits per heavy atom. The molecule has 0 nitrogen and oxygen atoms in total. The lowest BCUT2D eigenvalue weighted by atomic mass is 10.0. The first kappa shape index (κ1) is 11.7. The third kappa shape index (κ3) is 2.16. The first-order valence-electron chi connectivity index (χ1n) is 5.26. The van der Waals surface area contributed by atoms with Crippen molar-refractivity contribution in [2.45, 2.75) is 13.3 Å². The molecule has 2 aromatic rings. The van der Waals surface area contributed by atoms with E-state index in [1.54, 1.807) is 0 Å². The van der Waals surface area contributed by atoms with E-state index in [-0.39, 0.29) is 0 Å². The van der Waals surface area contributed by atoms with Crippen LogP contribution in [0.25, 0.3) is 11.1 Å². The predicted octanol–water partition coefficient (Wildman–Crippen LogP) is 5.33. The summed E-state index contributed by atoms with van der Waals surface area (Å²) in [5.74, 6) is 0. The number of hydrogen-bond acceptors (Lipinski definition) is 0. The van der Waals surface area contributed by atoms with Gasteiger partial charge in [0.25, 0.3) is 0 Å². The molecular formula is C14H12BrCl. The summed E-state index contributed by atoms with van der Waals surface area (Å²) >= 11 is 9.91. The normalized spacial score (nSPS) is 10.4. The summed E-state index contributed by atoms with van der Waals surface area (Å²) in [5, 5.41) is 0.787. The molecule has 0 aliphatic carbocycles. The molecule has 2 heteroatoms. The minimum absolute atomic E-state index is 0.787. The maximum atomic E-state index is 6.26. The van der Waals surface area contributed by atoms with Gasteiger partial charge in [0, 0.05) is 15.1 Å². The van der Waals surface area contributed by atoms with Gasteiger partial charge in [0.15, 0.2) is 0 Å². The van der Waals surface area contributed by atoms with Crippen molar-refractivity contribution in [2.24, 2.45) is 0 Å². The van der Waals surface area contributed by atoms with Crippen molar-refractivity contribution < 1.29 is 0 Å². The zero-order chi connectivity index (χ0) is 11.5. The Balaban J connectivity index is 2.64. The first-order chi connectivity index (χ1) is 7.74. The molecule has 0 spiro atoms. The average Bonchev–Trinajstić information content (AvgIpc) is 2.31. The molecule has 0 aliphatic rings. The van der Waals surface area contributed by atoms with Gasteiger partial charge in [-0.15, -0.1) is 0 Å². The molecule has 0 N–H and O–H groups in total. The van der Waals surface area contributed by atoms with Gasteiger partial charge in [0.1, 0.15) is 0 Å². The molecule has 0 fully saturated rings. The van der Waals surface area contributed by atoms with Crippen LogP contribution in [0.15, 0.2) is 46.9 Å². The van der Waals surface area contributed by atoms with E-state index in [4.69, 9.17) is 11.6 Å². The Bertz CT molecular complexity index is 492. The van der Waals surface area contributed by atoms with E-state index >= 15 is 0 Å². The Labute approximate surface area is 109 Å². The molecular weight excluding hydrogens is 284 g/mol. The van der Waals surface area contributed by atoms with E-state index in [1.807, 2.05) is 24.3 Å². The Morgan fingerprint density at radius 1 is 1.06 bits per heavy atom. The predicted molar refractivity (Wildman–Crippen MR) is 74.0 cm³/mol. The first-order valence-corrected chi connectivity index (χ1v) is 6.43. The number of hydrogen-bond donors (Lipinski definition) is 0. The van der Waals surface area contributed by atoms with Gasteiger partial charge < -0.3 is 0 Å². The monoisotopic (exact) mass is 294 g/mol. The summed E-state index contributed by atoms with van der Waals surface area (Å²) in [4.78, 5) is 0. The van der Waals surface area contributed by atoms with E-state index in [9.17, 15) is 0 Å². The lowest BCUT2D eigenvalue weighted by Crippen LogP contribution is -1.88. The van der Waals surface area contributed by atoms with Crippen LogP contribution in [-0.4, -0.2) is 0 Å². The molecule has 0 bridgehead atoms. The number of aryl methyl sites for hydroxylation is 1. The van der Waals surface area contributed by atoms with Crippen LogP contribution >= 0.6 is 27.5 Å². The van der Waals surface area contributed by atoms with E-state index < -0.39 is 0 Å². The van der Waals surface area contributed by atoms with Crippen LogP contribution in [0.4, 0.5) is 0 Å². The highest BCUT2D eigenvalue weighted by molar-refractivity contribution is 9.10. The van der Waals surface area contributed by atoms with Crippen molar-refractivity contribution in [1.29, 1.82) is 0 Å². The fraction of sp³-hybridized carbons (Fsp3) is 0.143. The molecule has 0 atom stereocenters. The molecule has 0 amide bonds. The van der Waals surface area contributed by atoms with Crippen molar-refractivity contribution in [1.82, 2.24) is 0 Å². The van der Waals surface area contributed by atoms with Gasteiger partial charge in [-0.3, -0.25) is 0 Å². The van der Waals surface area contributed by atoms with Crippen LogP contribution in [0.2, 0.25) is 5.02 Å². The maximum absolute atomic E-state index is 6.26. The number of halogens is 2. The summed E-state index contributed by atoms with van der Waals surface area (Å²) in [7, 11) is 0. The average molecular weight is 296 g/mol. The van der Waals surface area contributed by atoms with Crippen LogP contribution in [0, 0.1) is 0 Å². The van der Waals surface area contributed by atoms with Crippen molar-refractivity contribution in [3.63, 3.8) is 0 Å². The zero-order valence-electron chi connectivity index (χ0n) is 9.00. The second kappa shape index (κ2) is 5.03. The van der Waals surface area contributed by atoms with Crippen LogP contribution in [0.3, 0.4) is 0 Å². The van der Waals surface area contributed by atoms with Crippen LogP contribution < -0.4 is 0 Å². The molecule has 0 aliphatic heterocycles. The molecule has 82 valence electrons. The summed E-state index contributed by atoms with van der Waals surface area (Å²) in [6.07, 6.45) is 0.998. The lowest BCUT2D eigenvalue weighted by molar-refractivity contribution is 1.13. The second-order valence-electron chi connectivity index (χ2n) is 3.62. The Morgan fingerprint density at radius 3 is 2.38 bits per heavy atom. The van der Waals surface area contributed by atoms with Gasteiger partial charge in [-0.25, -0.2) is 0 Å². The molecule has 2 aromatic carbocycles. The van der Waals surface area contributed by atoms with Crippen LogP contribution in [0.5, 0.6) is 0 Å². The molecule has 0 saturated heterocycles. The van der Waals surface area contributed by atoms with E-state index in [0.717, 1.165) is 27.0 Å². The standard InChI is InChI=1S/C14H12BrCl/c1-2-10-8-9-12(16)13(14(10)15)11-6-4-3-5-7-11/h3-9H,2H2,1H3. The van der Waals surface area contributed by atoms with Crippen molar-refractivity contribution in [3.05, 3.63) is 57.5 Å². The molecule has 2 rings (SSSR count). The summed E-state index contributed by atoms with van der Waals surface area (Å²) in [6, 6.07) is 14.2. The van der Waals surface area contributed by atoms with Crippen molar-refractivity contribution >= 4 is 27.5 Å². The maximum Gasteiger partial charge on any atom is 0.0495 e. The topological polar surface area (TPSA) is 0 Å². The van der Waals surface area contributed by atoms with Gasteiger partial charge in [0.05, 0.1) is 0 Å². The SMILES string of the molecule is CCc1ccc(Cl)c(-c2ccccc2)c1Br. The van der Waals surface area contributed by atoms with Gasteiger partial charge in [-0.05, 0) is 39.5 Å². The fourth-order valence-electron chi connectivity index (χ4n) is 1.74. The lowest BCUT2D eigenvalue weighted by Gasteiger charge is -2.11. The molecule has 0 saturated carbocycles.